The number of benzene rings is 2. The van der Waals surface area contributed by atoms with Crippen molar-refractivity contribution in [1.29, 1.82) is 0 Å². The van der Waals surface area contributed by atoms with Gasteiger partial charge < -0.3 is 5.32 Å². The van der Waals surface area contributed by atoms with Gasteiger partial charge in [-0.05, 0) is 53.0 Å². The van der Waals surface area contributed by atoms with Crippen molar-refractivity contribution in [2.24, 2.45) is 0 Å². The molecule has 0 aliphatic rings. The van der Waals surface area contributed by atoms with Crippen LogP contribution in [0, 0.1) is 6.92 Å². The lowest BCUT2D eigenvalue weighted by molar-refractivity contribution is 0.748. The van der Waals surface area contributed by atoms with Crippen LogP contribution in [0.25, 0.3) is 0 Å². The van der Waals surface area contributed by atoms with Crippen LogP contribution in [-0.4, -0.2) is 0 Å². The fraction of sp³-hybridized carbons (Fsp3) is 0.250. The molecular weight excluding hydrogens is 366 g/mol. The van der Waals surface area contributed by atoms with Crippen LogP contribution in [0.4, 0.5) is 5.69 Å². The molecule has 0 aliphatic carbocycles. The van der Waals surface area contributed by atoms with E-state index in [-0.39, 0.29) is 0 Å². The second-order valence-corrected chi connectivity index (χ2v) is 6.41. The predicted octanol–water partition coefficient (Wildman–Crippen LogP) is 6.08. The van der Waals surface area contributed by atoms with Gasteiger partial charge in [0.15, 0.2) is 0 Å². The van der Waals surface area contributed by atoms with Crippen LogP contribution in [0.15, 0.2) is 51.4 Å². The van der Waals surface area contributed by atoms with Crippen molar-refractivity contribution < 1.29 is 0 Å². The van der Waals surface area contributed by atoms with Crippen LogP contribution < -0.4 is 5.32 Å². The van der Waals surface area contributed by atoms with E-state index in [1.165, 1.54) is 11.1 Å². The van der Waals surface area contributed by atoms with Gasteiger partial charge >= 0.3 is 0 Å². The van der Waals surface area contributed by atoms with Gasteiger partial charge in [-0.2, -0.15) is 0 Å². The number of rotatable bonds is 4. The molecule has 0 aromatic heterocycles. The number of hydrogen-bond acceptors (Lipinski definition) is 1. The average Bonchev–Trinajstić information content (AvgIpc) is 2.41. The number of anilines is 1. The summed E-state index contributed by atoms with van der Waals surface area (Å²) >= 11 is 7.10. The molecule has 0 saturated carbocycles. The molecule has 0 radical (unpaired) electrons. The minimum atomic E-state index is 0.325. The van der Waals surface area contributed by atoms with Gasteiger partial charge in [0, 0.05) is 8.95 Å². The Labute approximate surface area is 131 Å². The first-order valence-corrected chi connectivity index (χ1v) is 7.97. The summed E-state index contributed by atoms with van der Waals surface area (Å²) in [5.41, 5.74) is 3.73. The van der Waals surface area contributed by atoms with Crippen molar-refractivity contribution in [3.05, 3.63) is 62.5 Å². The summed E-state index contributed by atoms with van der Waals surface area (Å²) in [6, 6.07) is 15.2. The quantitative estimate of drug-likeness (QED) is 0.675. The Morgan fingerprint density at radius 3 is 2.37 bits per heavy atom. The van der Waals surface area contributed by atoms with Gasteiger partial charge in [0.25, 0.3) is 0 Å². The smallest absolute Gasteiger partial charge is 0.0511 e. The van der Waals surface area contributed by atoms with Gasteiger partial charge in [0.2, 0.25) is 0 Å². The van der Waals surface area contributed by atoms with Crippen LogP contribution in [0.3, 0.4) is 0 Å². The van der Waals surface area contributed by atoms with E-state index in [0.717, 1.165) is 21.1 Å². The molecule has 0 heterocycles. The Morgan fingerprint density at radius 1 is 1.05 bits per heavy atom. The molecule has 3 heteroatoms. The number of halogens is 2. The monoisotopic (exact) mass is 381 g/mol. The van der Waals surface area contributed by atoms with Crippen molar-refractivity contribution in [3.63, 3.8) is 0 Å². The maximum absolute atomic E-state index is 3.60. The summed E-state index contributed by atoms with van der Waals surface area (Å²) in [7, 11) is 0. The van der Waals surface area contributed by atoms with Gasteiger partial charge in [-0.25, -0.2) is 0 Å². The molecule has 0 spiro atoms. The van der Waals surface area contributed by atoms with Crippen molar-refractivity contribution in [2.75, 3.05) is 5.32 Å². The van der Waals surface area contributed by atoms with E-state index in [1.54, 1.807) is 0 Å². The second-order valence-electron chi connectivity index (χ2n) is 4.64. The second kappa shape index (κ2) is 6.58. The molecule has 1 atom stereocenters. The minimum Gasteiger partial charge on any atom is -0.377 e. The highest BCUT2D eigenvalue weighted by Gasteiger charge is 2.10. The SMILES string of the molecule is CCC(Nc1cc(Br)ccc1Br)c1ccc(C)cc1. The molecule has 1 N–H and O–H groups in total. The van der Waals surface area contributed by atoms with Crippen LogP contribution in [0.1, 0.15) is 30.5 Å². The first kappa shape index (κ1) is 14.6. The lowest BCUT2D eigenvalue weighted by Gasteiger charge is -2.20. The molecule has 100 valence electrons. The first-order chi connectivity index (χ1) is 9.10. The lowest BCUT2D eigenvalue weighted by Crippen LogP contribution is -2.10. The normalized spacial score (nSPS) is 12.2. The fourth-order valence-electron chi connectivity index (χ4n) is 2.02. The summed E-state index contributed by atoms with van der Waals surface area (Å²) in [5, 5.41) is 3.60. The van der Waals surface area contributed by atoms with Crippen molar-refractivity contribution in [2.45, 2.75) is 26.3 Å². The summed E-state index contributed by atoms with van der Waals surface area (Å²) in [4.78, 5) is 0. The fourth-order valence-corrected chi connectivity index (χ4v) is 2.74. The summed E-state index contributed by atoms with van der Waals surface area (Å²) in [6.45, 7) is 4.31. The molecule has 2 aromatic rings. The van der Waals surface area contributed by atoms with E-state index < -0.39 is 0 Å². The van der Waals surface area contributed by atoms with Gasteiger partial charge in [0.05, 0.1) is 11.7 Å². The van der Waals surface area contributed by atoms with Crippen LogP contribution in [0.2, 0.25) is 0 Å². The number of nitrogens with one attached hydrogen (secondary N) is 1. The highest BCUT2D eigenvalue weighted by atomic mass is 79.9. The lowest BCUT2D eigenvalue weighted by atomic mass is 10.0. The molecule has 0 fully saturated rings. The summed E-state index contributed by atoms with van der Waals surface area (Å²) in [5.74, 6) is 0. The van der Waals surface area contributed by atoms with E-state index in [1.807, 2.05) is 12.1 Å². The maximum atomic E-state index is 3.60. The Kier molecular flexibility index (Phi) is 5.06. The summed E-state index contributed by atoms with van der Waals surface area (Å²) in [6.07, 6.45) is 1.04. The molecule has 1 unspecified atom stereocenters. The molecule has 0 bridgehead atoms. The molecular formula is C16H17Br2N. The zero-order chi connectivity index (χ0) is 13.8. The Hall–Kier alpha value is -0.800. The molecule has 0 aliphatic heterocycles. The van der Waals surface area contributed by atoms with Crippen molar-refractivity contribution in [3.8, 4) is 0 Å². The third kappa shape index (κ3) is 3.83. The Morgan fingerprint density at radius 2 is 1.74 bits per heavy atom. The number of hydrogen-bond donors (Lipinski definition) is 1. The highest BCUT2D eigenvalue weighted by Crippen LogP contribution is 2.30. The van der Waals surface area contributed by atoms with E-state index in [0.29, 0.717) is 6.04 Å². The summed E-state index contributed by atoms with van der Waals surface area (Å²) < 4.78 is 2.17. The van der Waals surface area contributed by atoms with Gasteiger partial charge in [0.1, 0.15) is 0 Å². The third-order valence-electron chi connectivity index (χ3n) is 3.15. The van der Waals surface area contributed by atoms with Crippen LogP contribution in [0.5, 0.6) is 0 Å². The molecule has 0 amide bonds. The van der Waals surface area contributed by atoms with Gasteiger partial charge in [-0.1, -0.05) is 52.7 Å². The van der Waals surface area contributed by atoms with Gasteiger partial charge in [-0.3, -0.25) is 0 Å². The molecule has 1 nitrogen and oxygen atoms in total. The van der Waals surface area contributed by atoms with E-state index in [4.69, 9.17) is 0 Å². The first-order valence-electron chi connectivity index (χ1n) is 6.38. The molecule has 0 saturated heterocycles. The molecule has 19 heavy (non-hydrogen) atoms. The van der Waals surface area contributed by atoms with E-state index in [9.17, 15) is 0 Å². The molecule has 2 rings (SSSR count). The largest absolute Gasteiger partial charge is 0.377 e. The number of aryl methyl sites for hydroxylation is 1. The Bertz CT molecular complexity index is 549. The standard InChI is InChI=1S/C16H17Br2N/c1-3-15(12-6-4-11(2)5-7-12)19-16-10-13(17)8-9-14(16)18/h4-10,15,19H,3H2,1-2H3. The predicted molar refractivity (Wildman–Crippen MR) is 89.7 cm³/mol. The average molecular weight is 383 g/mol. The van der Waals surface area contributed by atoms with Crippen LogP contribution >= 0.6 is 31.9 Å². The highest BCUT2D eigenvalue weighted by molar-refractivity contribution is 9.11. The third-order valence-corrected chi connectivity index (χ3v) is 4.33. The van der Waals surface area contributed by atoms with Crippen molar-refractivity contribution in [1.82, 2.24) is 0 Å². The molecule has 2 aromatic carbocycles. The zero-order valence-corrected chi connectivity index (χ0v) is 14.3. The maximum Gasteiger partial charge on any atom is 0.0511 e. The minimum absolute atomic E-state index is 0.325. The van der Waals surface area contributed by atoms with E-state index in [2.05, 4.69) is 81.4 Å². The Balaban J connectivity index is 2.23. The van der Waals surface area contributed by atoms with Gasteiger partial charge in [-0.15, -0.1) is 0 Å². The van der Waals surface area contributed by atoms with Crippen molar-refractivity contribution >= 4 is 37.5 Å². The zero-order valence-electron chi connectivity index (χ0n) is 11.1. The van der Waals surface area contributed by atoms with Crippen LogP contribution in [-0.2, 0) is 0 Å². The topological polar surface area (TPSA) is 12.0 Å². The van der Waals surface area contributed by atoms with E-state index >= 15 is 0 Å².